The van der Waals surface area contributed by atoms with E-state index in [2.05, 4.69) is 22.3 Å². The van der Waals surface area contributed by atoms with Crippen molar-refractivity contribution in [3.8, 4) is 0 Å². The Bertz CT molecular complexity index is 435. The van der Waals surface area contributed by atoms with Gasteiger partial charge in [-0.25, -0.2) is 0 Å². The number of thioether (sulfide) groups is 1. The smallest absolute Gasteiger partial charge is 0.323 e. The van der Waals surface area contributed by atoms with Crippen LogP contribution in [0.3, 0.4) is 0 Å². The van der Waals surface area contributed by atoms with Crippen LogP contribution in [0.4, 0.5) is 0 Å². The van der Waals surface area contributed by atoms with Crippen molar-refractivity contribution in [1.82, 2.24) is 10.2 Å². The molecule has 0 spiro atoms. The van der Waals surface area contributed by atoms with E-state index in [1.807, 2.05) is 12.1 Å². The molecule has 2 atom stereocenters. The Morgan fingerprint density at radius 1 is 1.39 bits per heavy atom. The second-order valence-electron chi connectivity index (χ2n) is 4.70. The minimum Gasteiger partial charge on any atom is -0.480 e. The summed E-state index contributed by atoms with van der Waals surface area (Å²) in [7, 11) is 0. The highest BCUT2D eigenvalue weighted by molar-refractivity contribution is 8.00. The minimum absolute atomic E-state index is 0.0109. The lowest BCUT2D eigenvalue weighted by Crippen LogP contribution is -2.49. The second kappa shape index (κ2) is 4.91. The summed E-state index contributed by atoms with van der Waals surface area (Å²) in [5.74, 6) is 0.268. The van der Waals surface area contributed by atoms with Gasteiger partial charge in [-0.15, -0.1) is 11.8 Å². The zero-order valence-corrected chi connectivity index (χ0v) is 10.8. The molecular formula is C13H16N2O2S. The topological polar surface area (TPSA) is 52.6 Å². The van der Waals surface area contributed by atoms with Crippen LogP contribution in [0.15, 0.2) is 24.3 Å². The monoisotopic (exact) mass is 264 g/mol. The van der Waals surface area contributed by atoms with Crippen LogP contribution in [0, 0.1) is 0 Å². The zero-order chi connectivity index (χ0) is 12.5. The van der Waals surface area contributed by atoms with Crippen LogP contribution in [-0.4, -0.2) is 39.7 Å². The molecule has 5 heteroatoms. The van der Waals surface area contributed by atoms with Crippen molar-refractivity contribution in [3.63, 3.8) is 0 Å². The molecule has 96 valence electrons. The Kier molecular flexibility index (Phi) is 3.28. The molecule has 0 amide bonds. The van der Waals surface area contributed by atoms with Gasteiger partial charge in [-0.05, 0) is 11.1 Å². The summed E-state index contributed by atoms with van der Waals surface area (Å²) in [4.78, 5) is 13.6. The maximum Gasteiger partial charge on any atom is 0.323 e. The Hall–Kier alpha value is -1.04. The van der Waals surface area contributed by atoms with Crippen LogP contribution in [-0.2, 0) is 17.9 Å². The summed E-state index contributed by atoms with van der Waals surface area (Å²) in [6.45, 7) is 2.39. The number of carboxylic acid groups (broad SMARTS) is 1. The van der Waals surface area contributed by atoms with Gasteiger partial charge in [0.15, 0.2) is 0 Å². The molecule has 1 aromatic carbocycles. The van der Waals surface area contributed by atoms with Crippen molar-refractivity contribution in [1.29, 1.82) is 0 Å². The van der Waals surface area contributed by atoms with Gasteiger partial charge in [0.25, 0.3) is 0 Å². The van der Waals surface area contributed by atoms with Gasteiger partial charge in [0.2, 0.25) is 0 Å². The van der Waals surface area contributed by atoms with Gasteiger partial charge >= 0.3 is 5.97 Å². The van der Waals surface area contributed by atoms with Crippen LogP contribution in [0.25, 0.3) is 0 Å². The van der Waals surface area contributed by atoms with E-state index in [1.54, 1.807) is 11.8 Å². The van der Waals surface area contributed by atoms with E-state index < -0.39 is 12.0 Å². The lowest BCUT2D eigenvalue weighted by molar-refractivity contribution is -0.143. The van der Waals surface area contributed by atoms with Gasteiger partial charge in [0.05, 0.1) is 5.37 Å². The lowest BCUT2D eigenvalue weighted by Gasteiger charge is -2.28. The fourth-order valence-electron chi connectivity index (χ4n) is 2.68. The van der Waals surface area contributed by atoms with Crippen molar-refractivity contribution in [2.75, 3.05) is 12.3 Å². The summed E-state index contributed by atoms with van der Waals surface area (Å²) >= 11 is 1.71. The van der Waals surface area contributed by atoms with E-state index in [9.17, 15) is 9.90 Å². The molecule has 2 aliphatic heterocycles. The van der Waals surface area contributed by atoms with Crippen molar-refractivity contribution in [2.24, 2.45) is 0 Å². The Morgan fingerprint density at radius 3 is 2.56 bits per heavy atom. The van der Waals surface area contributed by atoms with Crippen molar-refractivity contribution < 1.29 is 9.90 Å². The standard InChI is InChI=1S/C13H16N2O2S/c16-13(17)11(12-14-5-6-18-12)15-7-9-3-1-2-4-10(9)8-15/h1-4,11-12,14H,5-8H2,(H,16,17)/t11-,12+/m1/s1. The third-order valence-electron chi connectivity index (χ3n) is 3.54. The normalized spacial score (nSPS) is 25.0. The third-order valence-corrected chi connectivity index (χ3v) is 4.77. The quantitative estimate of drug-likeness (QED) is 0.857. The third kappa shape index (κ3) is 2.13. The molecule has 1 fully saturated rings. The zero-order valence-electron chi connectivity index (χ0n) is 10.0. The van der Waals surface area contributed by atoms with Crippen molar-refractivity contribution in [2.45, 2.75) is 24.5 Å². The van der Waals surface area contributed by atoms with E-state index in [0.717, 1.165) is 25.4 Å². The molecule has 0 aliphatic carbocycles. The largest absolute Gasteiger partial charge is 0.480 e. The number of carboxylic acids is 1. The first-order valence-corrected chi connectivity index (χ1v) is 7.19. The van der Waals surface area contributed by atoms with Gasteiger partial charge in [-0.2, -0.15) is 0 Å². The van der Waals surface area contributed by atoms with Crippen LogP contribution >= 0.6 is 11.8 Å². The predicted octanol–water partition coefficient (Wildman–Crippen LogP) is 1.12. The van der Waals surface area contributed by atoms with E-state index in [-0.39, 0.29) is 5.37 Å². The number of aliphatic carboxylic acids is 1. The fourth-order valence-corrected chi connectivity index (χ4v) is 3.88. The van der Waals surface area contributed by atoms with Gasteiger partial charge in [0, 0.05) is 25.4 Å². The highest BCUT2D eigenvalue weighted by Crippen LogP contribution is 2.29. The van der Waals surface area contributed by atoms with Crippen molar-refractivity contribution >= 4 is 17.7 Å². The molecule has 18 heavy (non-hydrogen) atoms. The molecule has 2 N–H and O–H groups in total. The molecular weight excluding hydrogens is 248 g/mol. The van der Waals surface area contributed by atoms with Crippen LogP contribution in [0.5, 0.6) is 0 Å². The van der Waals surface area contributed by atoms with Gasteiger partial charge < -0.3 is 10.4 Å². The Morgan fingerprint density at radius 2 is 2.06 bits per heavy atom. The lowest BCUT2D eigenvalue weighted by atomic mass is 10.1. The van der Waals surface area contributed by atoms with Gasteiger partial charge in [0.1, 0.15) is 6.04 Å². The molecule has 2 heterocycles. The molecule has 0 aromatic heterocycles. The van der Waals surface area contributed by atoms with Crippen molar-refractivity contribution in [3.05, 3.63) is 35.4 Å². The second-order valence-corrected chi connectivity index (χ2v) is 5.95. The summed E-state index contributed by atoms with van der Waals surface area (Å²) in [5.41, 5.74) is 2.51. The molecule has 0 bridgehead atoms. The minimum atomic E-state index is -0.727. The highest BCUT2D eigenvalue weighted by Gasteiger charge is 2.38. The first kappa shape index (κ1) is 12.0. The molecule has 0 saturated carbocycles. The number of benzene rings is 1. The Labute approximate surface area is 110 Å². The molecule has 1 aromatic rings. The number of hydrogen-bond donors (Lipinski definition) is 2. The molecule has 1 saturated heterocycles. The number of hydrogen-bond acceptors (Lipinski definition) is 4. The van der Waals surface area contributed by atoms with E-state index in [4.69, 9.17) is 0 Å². The summed E-state index contributed by atoms with van der Waals surface area (Å²) < 4.78 is 0. The van der Waals surface area contributed by atoms with Crippen LogP contribution in [0.1, 0.15) is 11.1 Å². The number of rotatable bonds is 3. The number of nitrogens with zero attached hydrogens (tertiary/aromatic N) is 1. The first-order valence-electron chi connectivity index (χ1n) is 6.14. The van der Waals surface area contributed by atoms with Crippen LogP contribution < -0.4 is 5.32 Å². The predicted molar refractivity (Wildman–Crippen MR) is 71.4 cm³/mol. The van der Waals surface area contributed by atoms with Crippen LogP contribution in [0.2, 0.25) is 0 Å². The Balaban J connectivity index is 1.79. The maximum absolute atomic E-state index is 11.5. The first-order chi connectivity index (χ1) is 8.75. The maximum atomic E-state index is 11.5. The molecule has 3 rings (SSSR count). The van der Waals surface area contributed by atoms with E-state index in [0.29, 0.717) is 0 Å². The average Bonchev–Trinajstić information content (AvgIpc) is 2.97. The number of carbonyl (C=O) groups is 1. The van der Waals surface area contributed by atoms with Gasteiger partial charge in [-0.1, -0.05) is 24.3 Å². The average molecular weight is 264 g/mol. The molecule has 4 nitrogen and oxygen atoms in total. The summed E-state index contributed by atoms with van der Waals surface area (Å²) in [5, 5.41) is 12.8. The van der Waals surface area contributed by atoms with E-state index >= 15 is 0 Å². The van der Waals surface area contributed by atoms with Gasteiger partial charge in [-0.3, -0.25) is 9.69 Å². The summed E-state index contributed by atoms with van der Waals surface area (Å²) in [6, 6.07) is 7.76. The fraction of sp³-hybridized carbons (Fsp3) is 0.462. The SMILES string of the molecule is O=C(O)[C@@H]([C@H]1NCCS1)N1Cc2ccccc2C1. The molecule has 2 aliphatic rings. The molecule has 0 radical (unpaired) electrons. The molecule has 0 unspecified atom stereocenters. The number of nitrogens with one attached hydrogen (secondary N) is 1. The van der Waals surface area contributed by atoms with E-state index in [1.165, 1.54) is 11.1 Å². The summed E-state index contributed by atoms with van der Waals surface area (Å²) in [6.07, 6.45) is 0. The highest BCUT2D eigenvalue weighted by atomic mass is 32.2. The number of fused-ring (bicyclic) bond motifs is 1.